The Labute approximate surface area is 378 Å². The smallest absolute Gasteiger partial charge is 0.164 e. The summed E-state index contributed by atoms with van der Waals surface area (Å²) < 4.78 is 0. The Balaban J connectivity index is 1.11. The third kappa shape index (κ3) is 6.63. The number of fused-ring (bicyclic) bond motifs is 4. The molecule has 0 saturated heterocycles. The number of hydrogen-bond acceptors (Lipinski definition) is 4. The SMILES string of the molecule is c1ccc(-c2cccc(-c3cc(-c4cccc(-c5nc(-c6ccccc6)nc(-c6ccccc6)n5)c4)c4cc5c(cc4n3)C(c3ccccc3)(c3ccccc3)c3ccccc3-5)c2)cc1. The first-order chi connectivity index (χ1) is 32.2. The molecule has 0 aliphatic heterocycles. The van der Waals surface area contributed by atoms with Gasteiger partial charge in [0.1, 0.15) is 0 Å². The van der Waals surface area contributed by atoms with Crippen molar-refractivity contribution in [1.82, 2.24) is 19.9 Å². The van der Waals surface area contributed by atoms with Crippen molar-refractivity contribution < 1.29 is 0 Å². The monoisotopic (exact) mass is 828 g/mol. The maximum Gasteiger partial charge on any atom is 0.164 e. The summed E-state index contributed by atoms with van der Waals surface area (Å²) >= 11 is 0. The van der Waals surface area contributed by atoms with Gasteiger partial charge < -0.3 is 0 Å². The minimum absolute atomic E-state index is 0.556. The van der Waals surface area contributed by atoms with E-state index in [0.29, 0.717) is 17.5 Å². The third-order valence-corrected chi connectivity index (χ3v) is 12.8. The predicted molar refractivity (Wildman–Crippen MR) is 265 cm³/mol. The molecule has 12 rings (SSSR count). The fourth-order valence-electron chi connectivity index (χ4n) is 9.80. The molecule has 0 atom stereocenters. The molecule has 4 heteroatoms. The zero-order valence-electron chi connectivity index (χ0n) is 35.4. The summed E-state index contributed by atoms with van der Waals surface area (Å²) in [5, 5.41) is 1.07. The highest BCUT2D eigenvalue weighted by Gasteiger charge is 2.46. The molecule has 2 heterocycles. The summed E-state index contributed by atoms with van der Waals surface area (Å²) in [4.78, 5) is 20.8. The summed E-state index contributed by atoms with van der Waals surface area (Å²) in [6, 6.07) is 86.0. The fraction of sp³-hybridized carbons (Fsp3) is 0.0164. The van der Waals surface area contributed by atoms with Gasteiger partial charge in [0, 0.05) is 27.6 Å². The molecule has 0 amide bonds. The molecule has 0 bridgehead atoms. The minimum Gasteiger partial charge on any atom is -0.248 e. The Morgan fingerprint density at radius 1 is 0.262 bits per heavy atom. The number of aromatic nitrogens is 4. The van der Waals surface area contributed by atoms with Crippen LogP contribution in [0.1, 0.15) is 22.3 Å². The average Bonchev–Trinajstić information content (AvgIpc) is 3.68. The molecule has 0 saturated carbocycles. The fourth-order valence-corrected chi connectivity index (χ4v) is 9.80. The second-order valence-electron chi connectivity index (χ2n) is 16.6. The third-order valence-electron chi connectivity index (χ3n) is 12.8. The topological polar surface area (TPSA) is 51.6 Å². The van der Waals surface area contributed by atoms with Gasteiger partial charge in [-0.05, 0) is 86.0 Å². The van der Waals surface area contributed by atoms with Crippen molar-refractivity contribution in [3.05, 3.63) is 265 Å². The van der Waals surface area contributed by atoms with E-state index in [1.165, 1.54) is 33.4 Å². The second kappa shape index (κ2) is 15.9. The lowest BCUT2D eigenvalue weighted by atomic mass is 9.67. The second-order valence-corrected chi connectivity index (χ2v) is 16.6. The van der Waals surface area contributed by atoms with Crippen molar-refractivity contribution in [2.45, 2.75) is 5.41 Å². The van der Waals surface area contributed by atoms with Crippen molar-refractivity contribution in [2.75, 3.05) is 0 Å². The molecule has 11 aromatic rings. The minimum atomic E-state index is -0.556. The van der Waals surface area contributed by atoms with Gasteiger partial charge in [-0.3, -0.25) is 0 Å². The van der Waals surface area contributed by atoms with Crippen LogP contribution in [0.3, 0.4) is 0 Å². The normalized spacial score (nSPS) is 12.4. The first kappa shape index (κ1) is 38.1. The standard InChI is InChI=1S/C61H40N4/c1-6-20-41(21-7-1)44-26-18-28-46(36-44)56-39-51(45-27-19-29-47(37-45)60-64-58(42-22-8-2-9-23-42)63-59(65-60)43-24-10-3-11-25-43)53-38-52-50-34-16-17-35-54(50)61(48-30-12-4-13-31-48,49-32-14-5-15-33-49)55(52)40-57(53)62-56/h1-40H. The molecule has 0 radical (unpaired) electrons. The van der Waals surface area contributed by atoms with E-state index in [1.54, 1.807) is 0 Å². The quantitative estimate of drug-likeness (QED) is 0.153. The van der Waals surface area contributed by atoms with Crippen molar-refractivity contribution >= 4 is 10.9 Å². The number of nitrogens with zero attached hydrogens (tertiary/aromatic N) is 4. The molecular formula is C61H40N4. The summed E-state index contributed by atoms with van der Waals surface area (Å²) in [6.45, 7) is 0. The Morgan fingerprint density at radius 2 is 0.723 bits per heavy atom. The van der Waals surface area contributed by atoms with Gasteiger partial charge in [-0.1, -0.05) is 212 Å². The molecule has 65 heavy (non-hydrogen) atoms. The van der Waals surface area contributed by atoms with E-state index < -0.39 is 5.41 Å². The Morgan fingerprint density at radius 3 is 1.34 bits per heavy atom. The van der Waals surface area contributed by atoms with Crippen molar-refractivity contribution in [3.63, 3.8) is 0 Å². The van der Waals surface area contributed by atoms with Crippen LogP contribution in [-0.4, -0.2) is 19.9 Å². The van der Waals surface area contributed by atoms with E-state index in [0.717, 1.165) is 61.1 Å². The van der Waals surface area contributed by atoms with E-state index in [2.05, 4.69) is 182 Å². The predicted octanol–water partition coefficient (Wildman–Crippen LogP) is 14.8. The number of hydrogen-bond donors (Lipinski definition) is 0. The molecule has 1 aliphatic rings. The van der Waals surface area contributed by atoms with Gasteiger partial charge in [0.2, 0.25) is 0 Å². The zero-order chi connectivity index (χ0) is 43.2. The number of benzene rings is 9. The molecular weight excluding hydrogens is 789 g/mol. The highest BCUT2D eigenvalue weighted by atomic mass is 15.0. The van der Waals surface area contributed by atoms with Crippen molar-refractivity contribution in [1.29, 1.82) is 0 Å². The summed E-state index contributed by atoms with van der Waals surface area (Å²) in [7, 11) is 0. The van der Waals surface area contributed by atoms with Crippen molar-refractivity contribution in [3.8, 4) is 78.8 Å². The van der Waals surface area contributed by atoms with Crippen LogP contribution in [0.4, 0.5) is 0 Å². The van der Waals surface area contributed by atoms with Gasteiger partial charge in [0.25, 0.3) is 0 Å². The van der Waals surface area contributed by atoms with Gasteiger partial charge in [-0.25, -0.2) is 19.9 Å². The van der Waals surface area contributed by atoms with Gasteiger partial charge in [-0.2, -0.15) is 0 Å². The van der Waals surface area contributed by atoms with Crippen LogP contribution in [0, 0.1) is 0 Å². The highest BCUT2D eigenvalue weighted by Crippen LogP contribution is 2.57. The van der Waals surface area contributed by atoms with Crippen LogP contribution in [0.25, 0.3) is 89.7 Å². The van der Waals surface area contributed by atoms with E-state index in [9.17, 15) is 0 Å². The summed E-state index contributed by atoms with van der Waals surface area (Å²) in [6.07, 6.45) is 0. The first-order valence-electron chi connectivity index (χ1n) is 22.0. The molecule has 2 aromatic heterocycles. The van der Waals surface area contributed by atoms with E-state index in [1.807, 2.05) is 60.7 Å². The van der Waals surface area contributed by atoms with Crippen LogP contribution in [0.15, 0.2) is 243 Å². The van der Waals surface area contributed by atoms with Gasteiger partial charge in [0.15, 0.2) is 17.5 Å². The largest absolute Gasteiger partial charge is 0.248 e. The Kier molecular flexibility index (Phi) is 9.35. The Bertz CT molecular complexity index is 3420. The molecule has 0 N–H and O–H groups in total. The van der Waals surface area contributed by atoms with E-state index >= 15 is 0 Å². The lowest BCUT2D eigenvalue weighted by Crippen LogP contribution is -2.28. The van der Waals surface area contributed by atoms with Gasteiger partial charge >= 0.3 is 0 Å². The maximum atomic E-state index is 5.60. The molecule has 4 nitrogen and oxygen atoms in total. The van der Waals surface area contributed by atoms with Crippen molar-refractivity contribution in [2.24, 2.45) is 0 Å². The zero-order valence-corrected chi connectivity index (χ0v) is 35.4. The van der Waals surface area contributed by atoms with Gasteiger partial charge in [-0.15, -0.1) is 0 Å². The Hall–Kier alpha value is -8.60. The van der Waals surface area contributed by atoms with Crippen LogP contribution < -0.4 is 0 Å². The highest BCUT2D eigenvalue weighted by molar-refractivity contribution is 6.03. The lowest BCUT2D eigenvalue weighted by Gasteiger charge is -2.34. The number of pyridine rings is 1. The molecule has 0 unspecified atom stereocenters. The van der Waals surface area contributed by atoms with Crippen LogP contribution in [0.5, 0.6) is 0 Å². The molecule has 0 spiro atoms. The lowest BCUT2D eigenvalue weighted by molar-refractivity contribution is 0.769. The molecule has 0 fully saturated rings. The maximum absolute atomic E-state index is 5.60. The van der Waals surface area contributed by atoms with Crippen LogP contribution >= 0.6 is 0 Å². The molecule has 9 aromatic carbocycles. The van der Waals surface area contributed by atoms with E-state index in [4.69, 9.17) is 19.9 Å². The summed E-state index contributed by atoms with van der Waals surface area (Å²) in [5.74, 6) is 1.87. The van der Waals surface area contributed by atoms with Crippen LogP contribution in [0.2, 0.25) is 0 Å². The van der Waals surface area contributed by atoms with Gasteiger partial charge in [0.05, 0.1) is 16.6 Å². The van der Waals surface area contributed by atoms with Crippen LogP contribution in [-0.2, 0) is 5.41 Å². The average molecular weight is 829 g/mol. The van der Waals surface area contributed by atoms with E-state index in [-0.39, 0.29) is 0 Å². The number of rotatable bonds is 8. The molecule has 1 aliphatic carbocycles. The molecule has 304 valence electrons. The first-order valence-corrected chi connectivity index (χ1v) is 22.0. The summed E-state index contributed by atoms with van der Waals surface area (Å²) in [5.41, 5.74) is 16.9.